The number of benzene rings is 3. The summed E-state index contributed by atoms with van der Waals surface area (Å²) in [6.45, 7) is 0.201. The van der Waals surface area contributed by atoms with Gasteiger partial charge in [0.05, 0.1) is 0 Å². The Kier molecular flexibility index (Phi) is 8.59. The maximum atomic E-state index is 12.7. The molecule has 0 spiro atoms. The van der Waals surface area contributed by atoms with Crippen LogP contribution in [-0.2, 0) is 32.3 Å². The minimum absolute atomic E-state index is 0.0436. The molecule has 0 aliphatic heterocycles. The van der Waals surface area contributed by atoms with E-state index in [1.54, 1.807) is 24.3 Å². The Morgan fingerprint density at radius 1 is 0.758 bits per heavy atom. The van der Waals surface area contributed by atoms with E-state index >= 15 is 0 Å². The third kappa shape index (κ3) is 7.81. The lowest BCUT2D eigenvalue weighted by Gasteiger charge is -2.18. The summed E-state index contributed by atoms with van der Waals surface area (Å²) in [5.41, 5.74) is 8.21. The molecule has 1 amide bonds. The number of carbonyl (C=O) groups is 3. The maximum absolute atomic E-state index is 12.7. The Morgan fingerprint density at radius 3 is 1.88 bits per heavy atom. The second-order valence-corrected chi connectivity index (χ2v) is 7.43. The SMILES string of the molecule is Nc1ccc(C(=O)NC(CCC(=O)OCc2ccccc2)C(=O)OCc2ccccc2)cc1. The number of nitrogens with one attached hydrogen (secondary N) is 1. The van der Waals surface area contributed by atoms with Crippen molar-refractivity contribution in [2.45, 2.75) is 32.1 Å². The highest BCUT2D eigenvalue weighted by Gasteiger charge is 2.24. The molecule has 7 nitrogen and oxygen atoms in total. The first-order valence-corrected chi connectivity index (χ1v) is 10.6. The zero-order valence-electron chi connectivity index (χ0n) is 18.1. The number of nitrogens with two attached hydrogens (primary N) is 1. The molecule has 3 N–H and O–H groups in total. The minimum Gasteiger partial charge on any atom is -0.461 e. The van der Waals surface area contributed by atoms with Crippen molar-refractivity contribution in [2.75, 3.05) is 5.73 Å². The predicted octanol–water partition coefficient (Wildman–Crippen LogP) is 3.63. The van der Waals surface area contributed by atoms with Gasteiger partial charge in [0.15, 0.2) is 0 Å². The predicted molar refractivity (Wildman–Crippen MR) is 124 cm³/mol. The van der Waals surface area contributed by atoms with Crippen LogP contribution in [0.25, 0.3) is 0 Å². The fraction of sp³-hybridized carbons (Fsp3) is 0.192. The molecule has 3 aromatic carbocycles. The standard InChI is InChI=1S/C26H26N2O5/c27-22-13-11-21(12-14-22)25(30)28-23(26(31)33-18-20-9-5-2-6-10-20)15-16-24(29)32-17-19-7-3-1-4-8-19/h1-14,23H,15-18,27H2,(H,28,30). The minimum atomic E-state index is -1.01. The fourth-order valence-electron chi connectivity index (χ4n) is 3.03. The van der Waals surface area contributed by atoms with Crippen LogP contribution in [0.3, 0.4) is 0 Å². The fourth-order valence-corrected chi connectivity index (χ4v) is 3.03. The summed E-state index contributed by atoms with van der Waals surface area (Å²) < 4.78 is 10.7. The second kappa shape index (κ2) is 12.0. The quantitative estimate of drug-likeness (QED) is 0.364. The molecule has 3 rings (SSSR count). The molecule has 7 heteroatoms. The summed E-state index contributed by atoms with van der Waals surface area (Å²) >= 11 is 0. The van der Waals surface area contributed by atoms with E-state index in [-0.39, 0.29) is 26.1 Å². The van der Waals surface area contributed by atoms with E-state index in [1.807, 2.05) is 60.7 Å². The van der Waals surface area contributed by atoms with Gasteiger partial charge in [-0.1, -0.05) is 60.7 Å². The van der Waals surface area contributed by atoms with Crippen LogP contribution >= 0.6 is 0 Å². The van der Waals surface area contributed by atoms with E-state index in [0.717, 1.165) is 11.1 Å². The van der Waals surface area contributed by atoms with E-state index in [2.05, 4.69) is 5.32 Å². The molecule has 1 atom stereocenters. The van der Waals surface area contributed by atoms with Crippen molar-refractivity contribution in [2.24, 2.45) is 0 Å². The number of hydrogen-bond donors (Lipinski definition) is 2. The van der Waals surface area contributed by atoms with Crippen LogP contribution in [0.2, 0.25) is 0 Å². The number of rotatable bonds is 10. The van der Waals surface area contributed by atoms with Crippen molar-refractivity contribution in [1.29, 1.82) is 0 Å². The van der Waals surface area contributed by atoms with E-state index in [9.17, 15) is 14.4 Å². The van der Waals surface area contributed by atoms with Crippen LogP contribution in [0.5, 0.6) is 0 Å². The van der Waals surface area contributed by atoms with E-state index < -0.39 is 23.9 Å². The molecule has 33 heavy (non-hydrogen) atoms. The smallest absolute Gasteiger partial charge is 0.328 e. The van der Waals surface area contributed by atoms with Crippen molar-refractivity contribution in [3.63, 3.8) is 0 Å². The molecule has 3 aromatic rings. The largest absolute Gasteiger partial charge is 0.461 e. The molecule has 1 unspecified atom stereocenters. The molecule has 0 aliphatic rings. The highest BCUT2D eigenvalue weighted by atomic mass is 16.5. The first-order chi connectivity index (χ1) is 16.0. The van der Waals surface area contributed by atoms with Crippen molar-refractivity contribution in [1.82, 2.24) is 5.32 Å². The molecule has 0 radical (unpaired) electrons. The first kappa shape index (κ1) is 23.5. The van der Waals surface area contributed by atoms with Crippen LogP contribution in [-0.4, -0.2) is 23.9 Å². The van der Waals surface area contributed by atoms with Crippen molar-refractivity contribution in [3.8, 4) is 0 Å². The molecule has 0 bridgehead atoms. The van der Waals surface area contributed by atoms with Gasteiger partial charge < -0.3 is 20.5 Å². The summed E-state index contributed by atoms with van der Waals surface area (Å²) in [5.74, 6) is -1.56. The number of ether oxygens (including phenoxy) is 2. The van der Waals surface area contributed by atoms with Gasteiger partial charge in [0.2, 0.25) is 0 Å². The van der Waals surface area contributed by atoms with Crippen LogP contribution in [0.15, 0.2) is 84.9 Å². The zero-order valence-corrected chi connectivity index (χ0v) is 18.1. The normalized spacial score (nSPS) is 11.3. The Morgan fingerprint density at radius 2 is 1.30 bits per heavy atom. The van der Waals surface area contributed by atoms with Gasteiger partial charge in [-0.25, -0.2) is 4.79 Å². The lowest BCUT2D eigenvalue weighted by atomic mass is 10.1. The number of nitrogen functional groups attached to an aromatic ring is 1. The Bertz CT molecular complexity index is 1050. The van der Waals surface area contributed by atoms with E-state index in [1.165, 1.54) is 0 Å². The maximum Gasteiger partial charge on any atom is 0.328 e. The van der Waals surface area contributed by atoms with Gasteiger partial charge in [0, 0.05) is 17.7 Å². The summed E-state index contributed by atoms with van der Waals surface area (Å²) in [6.07, 6.45) is -0.0120. The van der Waals surface area contributed by atoms with Gasteiger partial charge in [-0.3, -0.25) is 9.59 Å². The topological polar surface area (TPSA) is 108 Å². The average molecular weight is 447 g/mol. The molecule has 0 fully saturated rings. The number of amides is 1. The summed E-state index contributed by atoms with van der Waals surface area (Å²) in [4.78, 5) is 37.6. The summed E-state index contributed by atoms with van der Waals surface area (Å²) in [5, 5.41) is 2.66. The molecule has 0 aliphatic carbocycles. The van der Waals surface area contributed by atoms with Crippen molar-refractivity contribution in [3.05, 3.63) is 102 Å². The number of carbonyl (C=O) groups excluding carboxylic acids is 3. The van der Waals surface area contributed by atoms with Crippen LogP contribution in [0.1, 0.15) is 34.3 Å². The molecular formula is C26H26N2O5. The number of hydrogen-bond acceptors (Lipinski definition) is 6. The molecule has 0 aromatic heterocycles. The monoisotopic (exact) mass is 446 g/mol. The van der Waals surface area contributed by atoms with Gasteiger partial charge >= 0.3 is 11.9 Å². The van der Waals surface area contributed by atoms with E-state index in [4.69, 9.17) is 15.2 Å². The third-order valence-electron chi connectivity index (χ3n) is 4.87. The molecular weight excluding hydrogens is 420 g/mol. The second-order valence-electron chi connectivity index (χ2n) is 7.43. The van der Waals surface area contributed by atoms with Crippen LogP contribution in [0.4, 0.5) is 5.69 Å². The van der Waals surface area contributed by atoms with Gasteiger partial charge in [-0.15, -0.1) is 0 Å². The first-order valence-electron chi connectivity index (χ1n) is 10.6. The molecule has 170 valence electrons. The van der Waals surface area contributed by atoms with Gasteiger partial charge in [-0.05, 0) is 41.8 Å². The van der Waals surface area contributed by atoms with Gasteiger partial charge in [0.1, 0.15) is 19.3 Å². The highest BCUT2D eigenvalue weighted by molar-refractivity contribution is 5.97. The number of anilines is 1. The zero-order chi connectivity index (χ0) is 23.5. The molecule has 0 heterocycles. The van der Waals surface area contributed by atoms with Crippen LogP contribution < -0.4 is 11.1 Å². The summed E-state index contributed by atoms with van der Waals surface area (Å²) in [7, 11) is 0. The molecule has 0 saturated heterocycles. The Balaban J connectivity index is 1.59. The third-order valence-corrected chi connectivity index (χ3v) is 4.87. The average Bonchev–Trinajstić information content (AvgIpc) is 2.85. The van der Waals surface area contributed by atoms with Crippen molar-refractivity contribution >= 4 is 23.5 Å². The lowest BCUT2D eigenvalue weighted by Crippen LogP contribution is -2.42. The number of esters is 2. The highest BCUT2D eigenvalue weighted by Crippen LogP contribution is 2.10. The summed E-state index contributed by atoms with van der Waals surface area (Å²) in [6, 6.07) is 23.8. The molecule has 0 saturated carbocycles. The Labute approximate surface area is 192 Å². The van der Waals surface area contributed by atoms with E-state index in [0.29, 0.717) is 11.3 Å². The van der Waals surface area contributed by atoms with Crippen molar-refractivity contribution < 1.29 is 23.9 Å². The Hall–Kier alpha value is -4.13. The van der Waals surface area contributed by atoms with Gasteiger partial charge in [-0.2, -0.15) is 0 Å². The lowest BCUT2D eigenvalue weighted by molar-refractivity contribution is -0.148. The van der Waals surface area contributed by atoms with Crippen LogP contribution in [0, 0.1) is 0 Å². The van der Waals surface area contributed by atoms with Gasteiger partial charge in [0.25, 0.3) is 5.91 Å².